The summed E-state index contributed by atoms with van der Waals surface area (Å²) in [6.07, 6.45) is 29.3. The predicted octanol–water partition coefficient (Wildman–Crippen LogP) is 17.1. The first-order valence-electron chi connectivity index (χ1n) is 23.8. The molecule has 0 radical (unpaired) electrons. The minimum Gasteiger partial charge on any atom is -0.276 e. The highest BCUT2D eigenvalue weighted by molar-refractivity contribution is 8.03. The highest BCUT2D eigenvalue weighted by Gasteiger charge is 2.41. The highest BCUT2D eigenvalue weighted by Crippen LogP contribution is 2.50. The molecule has 1 nitrogen and oxygen atoms in total. The Morgan fingerprint density at radius 1 is 0.612 bits per heavy atom. The first-order valence-corrected chi connectivity index (χ1v) is 27.1. The lowest BCUT2D eigenvalue weighted by atomic mass is 9.79. The van der Waals surface area contributed by atoms with Crippen molar-refractivity contribution in [2.45, 2.75) is 52.6 Å². The minimum atomic E-state index is -0.0567. The lowest BCUT2D eigenvalue weighted by Crippen LogP contribution is -2.20. The molecular formula is C62H52NPS3. The minimum absolute atomic E-state index is 0.0567. The SMILES string of the molecule is CCC1CC(c2ccccc2)=CC(c2cccc(-c3ccc4sc5ccccc5c4c3)c2)=N[C@H]1c1cc(C2=CC3C(C=C2)SC2C=CC=CC23)cc(/C2=C/Cc3ccccc3SC(P)C=C2)c1. The van der Waals surface area contributed by atoms with Crippen LogP contribution in [0.5, 0.6) is 0 Å². The van der Waals surface area contributed by atoms with E-state index in [0.29, 0.717) is 28.3 Å². The maximum absolute atomic E-state index is 5.97. The number of fused-ring (bicyclic) bond motifs is 7. The fourth-order valence-electron chi connectivity index (χ4n) is 10.8. The maximum Gasteiger partial charge on any atom is 0.0788 e. The Morgan fingerprint density at radius 2 is 1.34 bits per heavy atom. The number of hydrogen-bond acceptors (Lipinski definition) is 4. The van der Waals surface area contributed by atoms with Gasteiger partial charge in [0, 0.05) is 58.0 Å². The highest BCUT2D eigenvalue weighted by atomic mass is 32.2. The third-order valence-electron chi connectivity index (χ3n) is 14.4. The van der Waals surface area contributed by atoms with Gasteiger partial charge in [-0.2, -0.15) is 0 Å². The van der Waals surface area contributed by atoms with Crippen molar-refractivity contribution in [3.63, 3.8) is 0 Å². The lowest BCUT2D eigenvalue weighted by molar-refractivity contribution is 0.432. The van der Waals surface area contributed by atoms with Gasteiger partial charge in [-0.15, -0.1) is 44.1 Å². The van der Waals surface area contributed by atoms with Crippen LogP contribution in [0.3, 0.4) is 0 Å². The molecule has 67 heavy (non-hydrogen) atoms. The van der Waals surface area contributed by atoms with Crippen LogP contribution >= 0.6 is 44.1 Å². The van der Waals surface area contributed by atoms with Crippen molar-refractivity contribution in [3.8, 4) is 11.1 Å². The molecule has 12 rings (SSSR count). The summed E-state index contributed by atoms with van der Waals surface area (Å²) < 4.78 is 2.66. The van der Waals surface area contributed by atoms with Gasteiger partial charge >= 0.3 is 0 Å². The van der Waals surface area contributed by atoms with Crippen LogP contribution in [0.4, 0.5) is 0 Å². The Morgan fingerprint density at radius 3 is 2.25 bits per heavy atom. The molecule has 1 aromatic heterocycles. The van der Waals surface area contributed by atoms with Gasteiger partial charge in [-0.3, -0.25) is 4.99 Å². The van der Waals surface area contributed by atoms with Crippen molar-refractivity contribution >= 4 is 86.7 Å². The van der Waals surface area contributed by atoms with Gasteiger partial charge in [-0.25, -0.2) is 0 Å². The topological polar surface area (TPSA) is 12.4 Å². The Kier molecular flexibility index (Phi) is 11.9. The van der Waals surface area contributed by atoms with Gasteiger partial charge in [0.15, 0.2) is 0 Å². The fourth-order valence-corrected chi connectivity index (χ4v) is 15.0. The van der Waals surface area contributed by atoms with Crippen molar-refractivity contribution < 1.29 is 0 Å². The number of aliphatic imine (C=N–C) groups is 1. The number of allylic oxidation sites excluding steroid dienone is 11. The molecule has 1 saturated heterocycles. The normalized spacial score (nSPS) is 25.1. The number of thioether (sulfide) groups is 2. The van der Waals surface area contributed by atoms with E-state index in [2.05, 4.69) is 234 Å². The molecule has 6 aromatic carbocycles. The maximum atomic E-state index is 5.97. The Bertz CT molecular complexity index is 3300. The summed E-state index contributed by atoms with van der Waals surface area (Å²) >= 11 is 5.91. The average Bonchev–Trinajstić information content (AvgIpc) is 3.89. The van der Waals surface area contributed by atoms with Crippen LogP contribution in [-0.4, -0.2) is 21.2 Å². The summed E-state index contributed by atoms with van der Waals surface area (Å²) in [4.78, 5) is 7.59. The first-order chi connectivity index (χ1) is 33.0. The summed E-state index contributed by atoms with van der Waals surface area (Å²) in [5.41, 5.74) is 15.0. The van der Waals surface area contributed by atoms with Crippen LogP contribution < -0.4 is 0 Å². The molecule has 2 aliphatic carbocycles. The van der Waals surface area contributed by atoms with Gasteiger partial charge in [0.25, 0.3) is 0 Å². The van der Waals surface area contributed by atoms with Crippen LogP contribution in [0.2, 0.25) is 0 Å². The second-order valence-corrected chi connectivity index (χ2v) is 23.4. The zero-order valence-corrected chi connectivity index (χ0v) is 41.1. The molecule has 0 bridgehead atoms. The summed E-state index contributed by atoms with van der Waals surface area (Å²) in [6, 6.07) is 52.2. The van der Waals surface area contributed by atoms with E-state index in [0.717, 1.165) is 30.5 Å². The van der Waals surface area contributed by atoms with E-state index < -0.39 is 0 Å². The van der Waals surface area contributed by atoms with Gasteiger partial charge in [-0.05, 0) is 129 Å². The third-order valence-corrected chi connectivity index (χ3v) is 18.8. The molecule has 7 aromatic rings. The molecule has 5 aliphatic rings. The summed E-state index contributed by atoms with van der Waals surface area (Å²) in [5.74, 6) is 1.27. The first kappa shape index (κ1) is 42.8. The van der Waals surface area contributed by atoms with Crippen molar-refractivity contribution in [2.24, 2.45) is 22.7 Å². The van der Waals surface area contributed by atoms with Crippen LogP contribution in [0.15, 0.2) is 216 Å². The van der Waals surface area contributed by atoms with Gasteiger partial charge in [0.1, 0.15) is 0 Å². The second kappa shape index (κ2) is 18.5. The molecule has 0 saturated carbocycles. The molecule has 4 heterocycles. The largest absolute Gasteiger partial charge is 0.276 e. The molecule has 1 fully saturated rings. The number of nitrogens with zero attached hydrogens (tertiary/aromatic N) is 1. The number of benzene rings is 6. The van der Waals surface area contributed by atoms with Crippen LogP contribution in [-0.2, 0) is 6.42 Å². The number of rotatable bonds is 7. The van der Waals surface area contributed by atoms with Crippen LogP contribution in [0.25, 0.3) is 48.0 Å². The molecule has 0 N–H and O–H groups in total. The monoisotopic (exact) mass is 937 g/mol. The number of hydrogen-bond donors (Lipinski definition) is 0. The van der Waals surface area contributed by atoms with E-state index in [-0.39, 0.29) is 11.0 Å². The zero-order valence-electron chi connectivity index (χ0n) is 37.5. The van der Waals surface area contributed by atoms with Gasteiger partial charge in [0.05, 0.1) is 11.8 Å². The molecule has 0 spiro atoms. The summed E-state index contributed by atoms with van der Waals surface area (Å²) in [6.45, 7) is 2.36. The molecule has 5 heteroatoms. The van der Waals surface area contributed by atoms with Crippen LogP contribution in [0.1, 0.15) is 59.2 Å². The van der Waals surface area contributed by atoms with Crippen molar-refractivity contribution in [1.29, 1.82) is 0 Å². The second-order valence-electron chi connectivity index (χ2n) is 18.5. The van der Waals surface area contributed by atoms with Gasteiger partial charge in [-0.1, -0.05) is 165 Å². The van der Waals surface area contributed by atoms with Gasteiger partial charge in [0.2, 0.25) is 0 Å². The lowest BCUT2D eigenvalue weighted by Gasteiger charge is -2.26. The molecule has 3 aliphatic heterocycles. The summed E-state index contributed by atoms with van der Waals surface area (Å²) in [5, 5.41) is 3.67. The molecule has 8 atom stereocenters. The molecule has 0 amide bonds. The third kappa shape index (κ3) is 8.57. The van der Waals surface area contributed by atoms with E-state index in [9.17, 15) is 0 Å². The number of thiophene rings is 1. The van der Waals surface area contributed by atoms with E-state index >= 15 is 0 Å². The van der Waals surface area contributed by atoms with E-state index in [1.54, 1.807) is 0 Å². The van der Waals surface area contributed by atoms with E-state index in [1.165, 1.54) is 80.7 Å². The molecule has 328 valence electrons. The smallest absolute Gasteiger partial charge is 0.0788 e. The Labute approximate surface area is 410 Å². The average molecular weight is 938 g/mol. The van der Waals surface area contributed by atoms with Gasteiger partial charge < -0.3 is 0 Å². The Balaban J connectivity index is 1.01. The van der Waals surface area contributed by atoms with E-state index in [1.807, 2.05) is 23.1 Å². The van der Waals surface area contributed by atoms with Crippen molar-refractivity contribution in [2.75, 3.05) is 0 Å². The quantitative estimate of drug-likeness (QED) is 0.148. The van der Waals surface area contributed by atoms with Crippen molar-refractivity contribution in [1.82, 2.24) is 0 Å². The predicted molar refractivity (Wildman–Crippen MR) is 297 cm³/mol. The van der Waals surface area contributed by atoms with E-state index in [4.69, 9.17) is 4.99 Å². The van der Waals surface area contributed by atoms with Crippen molar-refractivity contribution in [3.05, 3.63) is 240 Å². The summed E-state index contributed by atoms with van der Waals surface area (Å²) in [7, 11) is 3.07. The standard InChI is InChI=1S/C62H52NPS3/c1-2-39-31-49(40-13-4-3-5-14-40)38-55(46-17-12-16-43(32-46)44-25-28-59-53(36-44)51-18-7-10-21-57(51)65-59)63-62(39)50-34-47(41-23-24-42-15-6-9-20-56(42)67-61(64)30-27-41)33-48(35-50)45-26-29-60-54(37-45)52-19-8-11-22-58(52)66-60/h3-23,25-30,32-39,52,54,58,60-62H,2,24,31,64H2,1H3/b30-27?,41-23+/t39?,52?,54?,58?,60?,61?,62-/m1/s1. The fraction of sp³-hybridized carbons (Fsp3) is 0.177. The zero-order chi connectivity index (χ0) is 44.8. The molecule has 7 unspecified atom stereocenters. The Hall–Kier alpha value is -5.48. The van der Waals surface area contributed by atoms with Crippen LogP contribution in [0, 0.1) is 17.8 Å². The molecular weight excluding hydrogens is 886 g/mol.